The molecule has 1 fully saturated rings. The Morgan fingerprint density at radius 3 is 2.79 bits per heavy atom. The highest BCUT2D eigenvalue weighted by Gasteiger charge is 2.22. The molecule has 2 rings (SSSR count). The summed E-state index contributed by atoms with van der Waals surface area (Å²) in [7, 11) is 1.76. The van der Waals surface area contributed by atoms with Gasteiger partial charge in [0.15, 0.2) is 0 Å². The van der Waals surface area contributed by atoms with E-state index in [0.29, 0.717) is 12.1 Å². The molecule has 0 spiro atoms. The molecular formula is C17H27NO. The van der Waals surface area contributed by atoms with Crippen LogP contribution in [0.2, 0.25) is 0 Å². The fraction of sp³-hybridized carbons (Fsp3) is 0.647. The van der Waals surface area contributed by atoms with E-state index in [0.717, 1.165) is 18.1 Å². The summed E-state index contributed by atoms with van der Waals surface area (Å²) >= 11 is 0. The summed E-state index contributed by atoms with van der Waals surface area (Å²) in [6, 6.07) is 9.46. The van der Waals surface area contributed by atoms with Crippen molar-refractivity contribution in [2.24, 2.45) is 5.92 Å². The fourth-order valence-corrected chi connectivity index (χ4v) is 3.25. The third-order valence-electron chi connectivity index (χ3n) is 4.30. The molecule has 1 N–H and O–H groups in total. The van der Waals surface area contributed by atoms with Crippen molar-refractivity contribution in [3.63, 3.8) is 0 Å². The smallest absolute Gasteiger partial charge is 0.123 e. The molecule has 0 aromatic heterocycles. The summed E-state index contributed by atoms with van der Waals surface area (Å²) in [5.74, 6) is 1.87. The first-order valence-electron chi connectivity index (χ1n) is 7.63. The van der Waals surface area contributed by atoms with E-state index in [-0.39, 0.29) is 0 Å². The highest BCUT2D eigenvalue weighted by Crippen LogP contribution is 2.30. The van der Waals surface area contributed by atoms with Gasteiger partial charge in [-0.05, 0) is 31.2 Å². The van der Waals surface area contributed by atoms with Gasteiger partial charge in [-0.15, -0.1) is 0 Å². The van der Waals surface area contributed by atoms with Crippen LogP contribution >= 0.6 is 0 Å². The maximum Gasteiger partial charge on any atom is 0.123 e. The summed E-state index contributed by atoms with van der Waals surface area (Å²) < 4.78 is 5.50. The molecule has 0 aliphatic heterocycles. The molecule has 0 radical (unpaired) electrons. The average Bonchev–Trinajstić information content (AvgIpc) is 2.45. The summed E-state index contributed by atoms with van der Waals surface area (Å²) in [5, 5.41) is 3.85. The first-order chi connectivity index (χ1) is 9.24. The Bertz CT molecular complexity index is 391. The molecule has 0 heterocycles. The Kier molecular flexibility index (Phi) is 5.26. The molecule has 0 saturated heterocycles. The highest BCUT2D eigenvalue weighted by molar-refractivity contribution is 5.35. The zero-order chi connectivity index (χ0) is 13.7. The van der Waals surface area contributed by atoms with E-state index in [2.05, 4.69) is 37.4 Å². The minimum absolute atomic E-state index is 0.409. The van der Waals surface area contributed by atoms with E-state index in [1.807, 2.05) is 6.07 Å². The van der Waals surface area contributed by atoms with Gasteiger partial charge in [0.2, 0.25) is 0 Å². The molecule has 2 nitrogen and oxygen atoms in total. The summed E-state index contributed by atoms with van der Waals surface area (Å²) in [5.41, 5.74) is 1.30. The number of nitrogens with one attached hydrogen (secondary N) is 1. The van der Waals surface area contributed by atoms with Gasteiger partial charge in [0.25, 0.3) is 0 Å². The molecule has 2 heteroatoms. The molecule has 0 bridgehead atoms. The molecule has 1 aliphatic rings. The molecule has 1 saturated carbocycles. The van der Waals surface area contributed by atoms with Crippen molar-refractivity contribution in [1.29, 1.82) is 0 Å². The van der Waals surface area contributed by atoms with Crippen molar-refractivity contribution in [3.05, 3.63) is 29.8 Å². The molecular weight excluding hydrogens is 234 g/mol. The highest BCUT2D eigenvalue weighted by atomic mass is 16.5. The number of hydrogen-bond donors (Lipinski definition) is 1. The van der Waals surface area contributed by atoms with Gasteiger partial charge >= 0.3 is 0 Å². The largest absolute Gasteiger partial charge is 0.496 e. The van der Waals surface area contributed by atoms with E-state index in [1.165, 1.54) is 31.2 Å². The first kappa shape index (κ1) is 14.4. The van der Waals surface area contributed by atoms with E-state index in [9.17, 15) is 0 Å². The lowest BCUT2D eigenvalue weighted by atomic mass is 9.86. The van der Waals surface area contributed by atoms with Crippen LogP contribution in [0.1, 0.15) is 57.6 Å². The van der Waals surface area contributed by atoms with Crippen LogP contribution in [0.5, 0.6) is 5.75 Å². The summed E-state index contributed by atoms with van der Waals surface area (Å²) in [6.07, 6.45) is 6.48. The Balaban J connectivity index is 2.07. The summed E-state index contributed by atoms with van der Waals surface area (Å²) in [6.45, 7) is 4.62. The van der Waals surface area contributed by atoms with Crippen LogP contribution in [0.15, 0.2) is 24.3 Å². The number of methoxy groups -OCH3 is 1. The van der Waals surface area contributed by atoms with Crippen LogP contribution in [0.25, 0.3) is 0 Å². The maximum absolute atomic E-state index is 5.50. The van der Waals surface area contributed by atoms with Gasteiger partial charge in [-0.25, -0.2) is 0 Å². The van der Waals surface area contributed by atoms with Gasteiger partial charge in [0, 0.05) is 17.6 Å². The number of benzene rings is 1. The van der Waals surface area contributed by atoms with Crippen LogP contribution in [0, 0.1) is 5.92 Å². The SMILES string of the molecule is CCC(NC1CCCC(C)C1)c1ccccc1OC. The van der Waals surface area contributed by atoms with E-state index < -0.39 is 0 Å². The van der Waals surface area contributed by atoms with E-state index >= 15 is 0 Å². The van der Waals surface area contributed by atoms with Crippen molar-refractivity contribution in [3.8, 4) is 5.75 Å². The van der Waals surface area contributed by atoms with Crippen molar-refractivity contribution >= 4 is 0 Å². The second-order valence-electron chi connectivity index (χ2n) is 5.84. The minimum atomic E-state index is 0.409. The van der Waals surface area contributed by atoms with Gasteiger partial charge in [-0.1, -0.05) is 44.9 Å². The lowest BCUT2D eigenvalue weighted by Gasteiger charge is -2.31. The average molecular weight is 261 g/mol. The monoisotopic (exact) mass is 261 g/mol. The predicted molar refractivity (Wildman–Crippen MR) is 80.6 cm³/mol. The van der Waals surface area contributed by atoms with Crippen molar-refractivity contribution < 1.29 is 4.74 Å². The third-order valence-corrected chi connectivity index (χ3v) is 4.30. The van der Waals surface area contributed by atoms with Gasteiger partial charge in [0.1, 0.15) is 5.75 Å². The topological polar surface area (TPSA) is 21.3 Å². The minimum Gasteiger partial charge on any atom is -0.496 e. The van der Waals surface area contributed by atoms with Gasteiger partial charge in [-0.2, -0.15) is 0 Å². The van der Waals surface area contributed by atoms with Crippen LogP contribution in [0.3, 0.4) is 0 Å². The standard InChI is InChI=1S/C17H27NO/c1-4-16(15-10-5-6-11-17(15)19-3)18-14-9-7-8-13(2)12-14/h5-6,10-11,13-14,16,18H,4,7-9,12H2,1-3H3. The molecule has 1 aromatic rings. The maximum atomic E-state index is 5.50. The Morgan fingerprint density at radius 2 is 2.11 bits per heavy atom. The normalized spacial score (nSPS) is 25.0. The number of ether oxygens (including phenoxy) is 1. The Morgan fingerprint density at radius 1 is 1.32 bits per heavy atom. The van der Waals surface area contributed by atoms with Crippen LogP contribution in [0.4, 0.5) is 0 Å². The second-order valence-corrected chi connectivity index (χ2v) is 5.84. The molecule has 1 aliphatic carbocycles. The molecule has 1 aromatic carbocycles. The van der Waals surface area contributed by atoms with Crippen molar-refractivity contribution in [1.82, 2.24) is 5.32 Å². The molecule has 3 unspecified atom stereocenters. The molecule has 3 atom stereocenters. The zero-order valence-electron chi connectivity index (χ0n) is 12.5. The first-order valence-corrected chi connectivity index (χ1v) is 7.63. The lowest BCUT2D eigenvalue weighted by Crippen LogP contribution is -2.36. The molecule has 19 heavy (non-hydrogen) atoms. The van der Waals surface area contributed by atoms with Crippen molar-refractivity contribution in [2.45, 2.75) is 58.0 Å². The second kappa shape index (κ2) is 6.95. The Hall–Kier alpha value is -1.02. The fourth-order valence-electron chi connectivity index (χ4n) is 3.25. The molecule has 106 valence electrons. The van der Waals surface area contributed by atoms with Crippen molar-refractivity contribution in [2.75, 3.05) is 7.11 Å². The van der Waals surface area contributed by atoms with Crippen LogP contribution in [-0.4, -0.2) is 13.2 Å². The molecule has 0 amide bonds. The predicted octanol–water partition coefficient (Wildman–Crippen LogP) is 4.31. The third kappa shape index (κ3) is 3.73. The van der Waals surface area contributed by atoms with Gasteiger partial charge in [0.05, 0.1) is 7.11 Å². The van der Waals surface area contributed by atoms with Gasteiger partial charge in [-0.3, -0.25) is 0 Å². The van der Waals surface area contributed by atoms with Gasteiger partial charge < -0.3 is 10.1 Å². The van der Waals surface area contributed by atoms with Crippen LogP contribution in [-0.2, 0) is 0 Å². The Labute approximate surface area is 117 Å². The van der Waals surface area contributed by atoms with E-state index in [1.54, 1.807) is 7.11 Å². The zero-order valence-corrected chi connectivity index (χ0v) is 12.5. The lowest BCUT2D eigenvalue weighted by molar-refractivity contribution is 0.275. The number of rotatable bonds is 5. The van der Waals surface area contributed by atoms with Crippen LogP contribution < -0.4 is 10.1 Å². The summed E-state index contributed by atoms with van der Waals surface area (Å²) in [4.78, 5) is 0. The quantitative estimate of drug-likeness (QED) is 0.852. The van der Waals surface area contributed by atoms with E-state index in [4.69, 9.17) is 4.74 Å². The number of hydrogen-bond acceptors (Lipinski definition) is 2. The number of para-hydroxylation sites is 1.